The molecule has 0 saturated heterocycles. The van der Waals surface area contributed by atoms with E-state index in [1.165, 1.54) is 34.3 Å². The minimum Gasteiger partial charge on any atom is -0.441 e. The lowest BCUT2D eigenvalue weighted by atomic mass is 9.95. The molecular formula is C17H18F3NO2S3. The highest BCUT2D eigenvalue weighted by molar-refractivity contribution is 8.22. The van der Waals surface area contributed by atoms with Crippen LogP contribution in [0.1, 0.15) is 31.9 Å². The maximum Gasteiger partial charge on any atom is 0.417 e. The van der Waals surface area contributed by atoms with Crippen LogP contribution in [0.5, 0.6) is 0 Å². The number of hydrogen-bond acceptors (Lipinski definition) is 5. The molecule has 9 heteroatoms. The number of rotatable bonds is 4. The summed E-state index contributed by atoms with van der Waals surface area (Å²) in [4.78, 5) is 12.9. The molecule has 1 aliphatic heterocycles. The highest BCUT2D eigenvalue weighted by Gasteiger charge is 2.49. The van der Waals surface area contributed by atoms with Gasteiger partial charge in [-0.2, -0.15) is 13.2 Å². The molecule has 142 valence electrons. The lowest BCUT2D eigenvalue weighted by Gasteiger charge is -2.31. The Morgan fingerprint density at radius 3 is 2.46 bits per heavy atom. The summed E-state index contributed by atoms with van der Waals surface area (Å²) in [6.45, 7) is 5.33. The van der Waals surface area contributed by atoms with Gasteiger partial charge in [-0.15, -0.1) is 0 Å². The first-order valence-corrected chi connectivity index (χ1v) is 10.3. The van der Waals surface area contributed by atoms with Crippen molar-refractivity contribution in [3.8, 4) is 0 Å². The maximum atomic E-state index is 13.5. The van der Waals surface area contributed by atoms with E-state index < -0.39 is 23.2 Å². The van der Waals surface area contributed by atoms with Crippen LogP contribution in [0.15, 0.2) is 30.0 Å². The Morgan fingerprint density at radius 2 is 1.92 bits per heavy atom. The van der Waals surface area contributed by atoms with Gasteiger partial charge in [-0.3, -0.25) is 9.10 Å². The molecule has 0 unspecified atom stereocenters. The first kappa shape index (κ1) is 21.1. The number of amides is 1. The number of carbonyl (C=O) groups excluding carboxylic acids is 1. The third kappa shape index (κ3) is 3.89. The van der Waals surface area contributed by atoms with Gasteiger partial charge in [0, 0.05) is 11.8 Å². The van der Waals surface area contributed by atoms with Crippen LogP contribution in [0.2, 0.25) is 0 Å². The van der Waals surface area contributed by atoms with E-state index in [4.69, 9.17) is 17.0 Å². The van der Waals surface area contributed by atoms with Crippen molar-refractivity contribution in [2.24, 2.45) is 0 Å². The van der Waals surface area contributed by atoms with Crippen molar-refractivity contribution in [2.45, 2.75) is 32.5 Å². The first-order chi connectivity index (χ1) is 12.1. The molecule has 0 radical (unpaired) electrons. The molecule has 0 N–H and O–H groups in total. The van der Waals surface area contributed by atoms with Gasteiger partial charge in [0.25, 0.3) is 5.91 Å². The molecule has 0 aromatic heterocycles. The van der Waals surface area contributed by atoms with Gasteiger partial charge < -0.3 is 4.74 Å². The summed E-state index contributed by atoms with van der Waals surface area (Å²) >= 11 is 7.55. The van der Waals surface area contributed by atoms with Crippen molar-refractivity contribution in [1.29, 1.82) is 0 Å². The van der Waals surface area contributed by atoms with Crippen molar-refractivity contribution in [3.05, 3.63) is 41.2 Å². The van der Waals surface area contributed by atoms with Gasteiger partial charge >= 0.3 is 6.18 Å². The van der Waals surface area contributed by atoms with Crippen LogP contribution in [0.3, 0.4) is 0 Å². The zero-order valence-corrected chi connectivity index (χ0v) is 17.1. The minimum absolute atomic E-state index is 0.101. The van der Waals surface area contributed by atoms with E-state index in [0.717, 1.165) is 18.0 Å². The van der Waals surface area contributed by atoms with Crippen molar-refractivity contribution >= 4 is 51.8 Å². The monoisotopic (exact) mass is 421 g/mol. The highest BCUT2D eigenvalue weighted by Crippen LogP contribution is 2.46. The van der Waals surface area contributed by atoms with Gasteiger partial charge in [0.2, 0.25) is 4.38 Å². The standard InChI is InChI=1S/C17H18F3NO2S3/c1-5-26-15(24)23-13-12(14(22)21(25-4)16(13,2)3)10-8-6-7-9-11(10)17(18,19)20/h6-9H,5H2,1-4H3. The average Bonchev–Trinajstić information content (AvgIpc) is 2.72. The van der Waals surface area contributed by atoms with Crippen molar-refractivity contribution in [1.82, 2.24) is 4.31 Å². The van der Waals surface area contributed by atoms with Gasteiger partial charge in [0.15, 0.2) is 0 Å². The number of halogens is 3. The maximum absolute atomic E-state index is 13.5. The fourth-order valence-corrected chi connectivity index (χ4v) is 4.37. The van der Waals surface area contributed by atoms with Crippen LogP contribution in [0.4, 0.5) is 13.2 Å². The Labute approximate surface area is 164 Å². The molecule has 0 spiro atoms. The molecule has 0 saturated carbocycles. The molecule has 26 heavy (non-hydrogen) atoms. The third-order valence-corrected chi connectivity index (χ3v) is 5.85. The van der Waals surface area contributed by atoms with E-state index >= 15 is 0 Å². The molecule has 0 aliphatic carbocycles. The van der Waals surface area contributed by atoms with Crippen LogP contribution in [0, 0.1) is 0 Å². The molecule has 1 aliphatic rings. The number of carbonyl (C=O) groups is 1. The Balaban J connectivity index is 2.71. The summed E-state index contributed by atoms with van der Waals surface area (Å²) in [5.74, 6) is 0.263. The van der Waals surface area contributed by atoms with Crippen molar-refractivity contribution < 1.29 is 22.7 Å². The molecule has 0 atom stereocenters. The van der Waals surface area contributed by atoms with E-state index in [1.807, 2.05) is 6.92 Å². The number of thiocarbonyl (C=S) groups is 1. The second-order valence-corrected chi connectivity index (χ2v) is 8.47. The van der Waals surface area contributed by atoms with Gasteiger partial charge in [0.1, 0.15) is 11.3 Å². The van der Waals surface area contributed by atoms with Crippen LogP contribution < -0.4 is 0 Å². The summed E-state index contributed by atoms with van der Waals surface area (Å²) in [6, 6.07) is 5.01. The number of benzene rings is 1. The van der Waals surface area contributed by atoms with Crippen LogP contribution >= 0.6 is 35.9 Å². The Hall–Kier alpha value is -1.19. The second kappa shape index (κ2) is 7.82. The smallest absolute Gasteiger partial charge is 0.417 e. The van der Waals surface area contributed by atoms with Crippen molar-refractivity contribution in [3.63, 3.8) is 0 Å². The molecule has 2 rings (SSSR count). The van der Waals surface area contributed by atoms with E-state index in [0.29, 0.717) is 5.75 Å². The SMILES string of the molecule is CCSC(=S)OC1=C(c2ccccc2C(F)(F)F)C(=O)N(SC)C1(C)C. The quantitative estimate of drug-likeness (QED) is 0.482. The fourth-order valence-electron chi connectivity index (χ4n) is 2.75. The molecule has 1 aromatic rings. The number of thioether (sulfide) groups is 1. The zero-order chi connectivity index (χ0) is 19.7. The lowest BCUT2D eigenvalue weighted by molar-refractivity contribution is -0.137. The van der Waals surface area contributed by atoms with E-state index in [-0.39, 0.29) is 21.3 Å². The predicted octanol–water partition coefficient (Wildman–Crippen LogP) is 5.37. The summed E-state index contributed by atoms with van der Waals surface area (Å²) in [6.07, 6.45) is -2.90. The molecule has 1 heterocycles. The van der Waals surface area contributed by atoms with E-state index in [1.54, 1.807) is 20.1 Å². The van der Waals surface area contributed by atoms with E-state index in [2.05, 4.69) is 0 Å². The summed E-state index contributed by atoms with van der Waals surface area (Å²) < 4.78 is 47.8. The minimum atomic E-state index is -4.59. The van der Waals surface area contributed by atoms with Gasteiger partial charge in [-0.05, 0) is 49.8 Å². The molecule has 1 aromatic carbocycles. The third-order valence-electron chi connectivity index (χ3n) is 3.82. The zero-order valence-electron chi connectivity index (χ0n) is 14.6. The fraction of sp³-hybridized carbons (Fsp3) is 0.412. The van der Waals surface area contributed by atoms with Crippen molar-refractivity contribution in [2.75, 3.05) is 12.0 Å². The van der Waals surface area contributed by atoms with Crippen LogP contribution in [-0.4, -0.2) is 32.1 Å². The van der Waals surface area contributed by atoms with Crippen LogP contribution in [0.25, 0.3) is 5.57 Å². The Kier molecular flexibility index (Phi) is 6.35. The van der Waals surface area contributed by atoms with Gasteiger partial charge in [-0.25, -0.2) is 0 Å². The van der Waals surface area contributed by atoms with E-state index in [9.17, 15) is 18.0 Å². The number of nitrogens with zero attached hydrogens (tertiary/aromatic N) is 1. The second-order valence-electron chi connectivity index (χ2n) is 5.87. The van der Waals surface area contributed by atoms with Crippen LogP contribution in [-0.2, 0) is 15.7 Å². The Morgan fingerprint density at radius 1 is 1.31 bits per heavy atom. The largest absolute Gasteiger partial charge is 0.441 e. The summed E-state index contributed by atoms with van der Waals surface area (Å²) in [5.41, 5.74) is -2.12. The summed E-state index contributed by atoms with van der Waals surface area (Å²) in [7, 11) is 0. The molecule has 3 nitrogen and oxygen atoms in total. The topological polar surface area (TPSA) is 29.5 Å². The molecule has 0 bridgehead atoms. The predicted molar refractivity (Wildman–Crippen MR) is 105 cm³/mol. The highest BCUT2D eigenvalue weighted by atomic mass is 32.2. The average molecular weight is 422 g/mol. The molecular weight excluding hydrogens is 403 g/mol. The lowest BCUT2D eigenvalue weighted by Crippen LogP contribution is -2.39. The number of ether oxygens (including phenoxy) is 1. The molecule has 1 amide bonds. The number of hydrogen-bond donors (Lipinski definition) is 0. The first-order valence-electron chi connectivity index (χ1n) is 7.70. The number of alkyl halides is 3. The Bertz CT molecular complexity index is 760. The molecule has 0 fully saturated rings. The van der Waals surface area contributed by atoms with Gasteiger partial charge in [-0.1, -0.05) is 36.9 Å². The summed E-state index contributed by atoms with van der Waals surface area (Å²) in [5, 5.41) is 0. The normalized spacial score (nSPS) is 17.0. The van der Waals surface area contributed by atoms with Gasteiger partial charge in [0.05, 0.1) is 11.1 Å².